The second-order valence-electron chi connectivity index (χ2n) is 11.3. The van der Waals surface area contributed by atoms with Crippen molar-refractivity contribution in [3.05, 3.63) is 30.0 Å². The predicted molar refractivity (Wildman–Crippen MR) is 149 cm³/mol. The molecule has 4 N–H and O–H groups in total. The molecule has 41 heavy (non-hydrogen) atoms. The first-order chi connectivity index (χ1) is 19.6. The standard InChI is InChI=1S/C28H37N4O8P/c1-39-24-10-4-9-20-19(24)13-22(30-20)28(36)32-14-17-6-3-8-18(17)25(32)27(35)31-21(23(33)15-40-41(2,37)38)12-16-7-5-11-29-26(16)34/h4,9-10,13,16-18,21,25,30H,3,5-8,11-12,14-15H2,1-2H3,(H,29,34)(H,31,35)(H,37,38)/t16-,17-,18-,21-,25-/m0/s1. The second-order valence-corrected chi connectivity index (χ2v) is 13.2. The van der Waals surface area contributed by atoms with Gasteiger partial charge in [0.05, 0.1) is 13.2 Å². The van der Waals surface area contributed by atoms with Crippen molar-refractivity contribution in [1.82, 2.24) is 20.5 Å². The molecule has 0 bridgehead atoms. The number of aromatic amines is 1. The molecular weight excluding hydrogens is 551 g/mol. The molecule has 2 aliphatic heterocycles. The molecule has 6 atom stereocenters. The molecule has 3 heterocycles. The number of nitrogens with zero attached hydrogens (tertiary/aromatic N) is 1. The lowest BCUT2D eigenvalue weighted by atomic mass is 9.89. The molecule has 2 aromatic rings. The summed E-state index contributed by atoms with van der Waals surface area (Å²) in [6.45, 7) is 1.27. The van der Waals surface area contributed by atoms with Crippen molar-refractivity contribution in [2.24, 2.45) is 17.8 Å². The number of Topliss-reactive ketones (excluding diaryl/α,β-unsaturated/α-hetero) is 1. The van der Waals surface area contributed by atoms with Gasteiger partial charge in [0.1, 0.15) is 24.1 Å². The maximum absolute atomic E-state index is 13.9. The smallest absolute Gasteiger partial charge is 0.325 e. The Morgan fingerprint density at radius 3 is 2.76 bits per heavy atom. The average molecular weight is 589 g/mol. The van der Waals surface area contributed by atoms with Gasteiger partial charge in [-0.05, 0) is 62.1 Å². The van der Waals surface area contributed by atoms with Gasteiger partial charge in [0.25, 0.3) is 5.91 Å². The topological polar surface area (TPSA) is 167 Å². The number of carbonyl (C=O) groups is 4. The summed E-state index contributed by atoms with van der Waals surface area (Å²) in [4.78, 5) is 67.6. The monoisotopic (exact) mass is 588 g/mol. The zero-order valence-electron chi connectivity index (χ0n) is 23.3. The van der Waals surface area contributed by atoms with Gasteiger partial charge in [0, 0.05) is 36.6 Å². The van der Waals surface area contributed by atoms with Crippen LogP contribution in [0.1, 0.15) is 49.0 Å². The lowest BCUT2D eigenvalue weighted by Gasteiger charge is -2.30. The minimum Gasteiger partial charge on any atom is -0.496 e. The van der Waals surface area contributed by atoms with Gasteiger partial charge in [-0.2, -0.15) is 0 Å². The number of hydrogen-bond donors (Lipinski definition) is 4. The summed E-state index contributed by atoms with van der Waals surface area (Å²) in [6.07, 6.45) is 3.97. The van der Waals surface area contributed by atoms with E-state index in [1.807, 2.05) is 18.2 Å². The highest BCUT2D eigenvalue weighted by molar-refractivity contribution is 7.51. The van der Waals surface area contributed by atoms with Gasteiger partial charge in [-0.1, -0.05) is 12.5 Å². The van der Waals surface area contributed by atoms with E-state index in [1.54, 1.807) is 18.1 Å². The summed E-state index contributed by atoms with van der Waals surface area (Å²) in [5.74, 6) is -1.36. The molecule has 3 aliphatic rings. The molecule has 5 rings (SSSR count). The van der Waals surface area contributed by atoms with Crippen LogP contribution >= 0.6 is 7.60 Å². The van der Waals surface area contributed by atoms with Gasteiger partial charge < -0.3 is 34.7 Å². The largest absolute Gasteiger partial charge is 0.496 e. The third-order valence-corrected chi connectivity index (χ3v) is 9.17. The third-order valence-electron chi connectivity index (χ3n) is 8.57. The molecule has 1 aliphatic carbocycles. The van der Waals surface area contributed by atoms with Crippen LogP contribution < -0.4 is 15.4 Å². The van der Waals surface area contributed by atoms with Gasteiger partial charge >= 0.3 is 7.60 Å². The van der Waals surface area contributed by atoms with E-state index in [-0.39, 0.29) is 30.1 Å². The normalized spacial score (nSPS) is 26.2. The number of carbonyl (C=O) groups excluding carboxylic acids is 4. The van der Waals surface area contributed by atoms with Gasteiger partial charge in [-0.15, -0.1) is 0 Å². The van der Waals surface area contributed by atoms with Gasteiger partial charge in [0.15, 0.2) is 5.78 Å². The molecule has 1 aromatic carbocycles. The maximum atomic E-state index is 13.9. The lowest BCUT2D eigenvalue weighted by molar-refractivity contribution is -0.133. The van der Waals surface area contributed by atoms with Crippen LogP contribution in [-0.4, -0.2) is 83.8 Å². The van der Waals surface area contributed by atoms with Gasteiger partial charge in [-0.3, -0.25) is 23.7 Å². The number of amides is 3. The molecule has 1 unspecified atom stereocenters. The molecule has 12 nitrogen and oxygen atoms in total. The molecule has 1 aromatic heterocycles. The Kier molecular flexibility index (Phi) is 8.54. The van der Waals surface area contributed by atoms with Crippen LogP contribution in [0.2, 0.25) is 0 Å². The summed E-state index contributed by atoms with van der Waals surface area (Å²) in [7, 11) is -2.38. The number of H-pyrrole nitrogens is 1. The summed E-state index contributed by atoms with van der Waals surface area (Å²) in [6, 6.07) is 5.29. The Balaban J connectivity index is 1.39. The summed E-state index contributed by atoms with van der Waals surface area (Å²) < 4.78 is 22.0. The summed E-state index contributed by atoms with van der Waals surface area (Å²) in [5, 5.41) is 6.36. The van der Waals surface area contributed by atoms with Crippen LogP contribution in [0.5, 0.6) is 5.75 Å². The van der Waals surface area contributed by atoms with E-state index in [0.29, 0.717) is 31.0 Å². The average Bonchev–Trinajstić information content (AvgIpc) is 3.66. The highest BCUT2D eigenvalue weighted by Gasteiger charge is 2.50. The number of piperidine rings is 1. The second kappa shape index (κ2) is 12.0. The van der Waals surface area contributed by atoms with Crippen molar-refractivity contribution in [2.45, 2.75) is 50.6 Å². The number of ether oxygens (including phenoxy) is 1. The van der Waals surface area contributed by atoms with Crippen molar-refractivity contribution in [2.75, 3.05) is 33.5 Å². The van der Waals surface area contributed by atoms with Crippen molar-refractivity contribution in [3.63, 3.8) is 0 Å². The first-order valence-corrected chi connectivity index (χ1v) is 16.1. The highest BCUT2D eigenvalue weighted by atomic mass is 31.2. The molecule has 222 valence electrons. The summed E-state index contributed by atoms with van der Waals surface area (Å²) >= 11 is 0. The number of methoxy groups -OCH3 is 1. The Morgan fingerprint density at radius 2 is 2.02 bits per heavy atom. The van der Waals surface area contributed by atoms with Crippen LogP contribution in [-0.2, 0) is 23.5 Å². The number of rotatable bonds is 10. The number of hydrogen-bond acceptors (Lipinski definition) is 7. The molecule has 0 radical (unpaired) electrons. The number of fused-ring (bicyclic) bond motifs is 2. The predicted octanol–water partition coefficient (Wildman–Crippen LogP) is 2.22. The minimum atomic E-state index is -3.94. The van der Waals surface area contributed by atoms with Crippen LogP contribution in [0.15, 0.2) is 24.3 Å². The van der Waals surface area contributed by atoms with E-state index >= 15 is 0 Å². The van der Waals surface area contributed by atoms with Gasteiger partial charge in [0.2, 0.25) is 11.8 Å². The molecule has 0 spiro atoms. The van der Waals surface area contributed by atoms with Crippen LogP contribution in [0.4, 0.5) is 0 Å². The number of benzene rings is 1. The number of likely N-dealkylation sites (tertiary alicyclic amines) is 1. The van der Waals surface area contributed by atoms with E-state index in [4.69, 9.17) is 9.26 Å². The highest BCUT2D eigenvalue weighted by Crippen LogP contribution is 2.43. The van der Waals surface area contributed by atoms with E-state index < -0.39 is 43.9 Å². The van der Waals surface area contributed by atoms with Crippen molar-refractivity contribution in [1.29, 1.82) is 0 Å². The number of ketones is 1. The number of nitrogens with one attached hydrogen (secondary N) is 3. The first-order valence-electron chi connectivity index (χ1n) is 14.1. The Bertz CT molecular complexity index is 1390. The Morgan fingerprint density at radius 1 is 1.22 bits per heavy atom. The molecule has 1 saturated carbocycles. The molecule has 3 fully saturated rings. The lowest BCUT2D eigenvalue weighted by Crippen LogP contribution is -2.54. The van der Waals surface area contributed by atoms with Crippen LogP contribution in [0.25, 0.3) is 10.9 Å². The van der Waals surface area contributed by atoms with Crippen molar-refractivity contribution < 1.29 is 37.9 Å². The third kappa shape index (κ3) is 6.34. The molecule has 13 heteroatoms. The summed E-state index contributed by atoms with van der Waals surface area (Å²) in [5.41, 5.74) is 1.07. The van der Waals surface area contributed by atoms with Crippen molar-refractivity contribution >= 4 is 42.0 Å². The fraction of sp³-hybridized carbons (Fsp3) is 0.571. The first kappa shape index (κ1) is 29.3. The zero-order valence-corrected chi connectivity index (χ0v) is 24.2. The molecule has 3 amide bonds. The van der Waals surface area contributed by atoms with Crippen LogP contribution in [0.3, 0.4) is 0 Å². The van der Waals surface area contributed by atoms with Crippen molar-refractivity contribution in [3.8, 4) is 5.75 Å². The number of aromatic nitrogens is 1. The Labute approximate surface area is 238 Å². The fourth-order valence-electron chi connectivity index (χ4n) is 6.58. The zero-order chi connectivity index (χ0) is 29.3. The van der Waals surface area contributed by atoms with E-state index in [9.17, 15) is 28.6 Å². The minimum absolute atomic E-state index is 0.0375. The van der Waals surface area contributed by atoms with E-state index in [0.717, 1.165) is 43.3 Å². The molecular formula is C28H37N4O8P. The van der Waals surface area contributed by atoms with E-state index in [1.165, 1.54) is 0 Å². The maximum Gasteiger partial charge on any atom is 0.325 e. The fourth-order valence-corrected chi connectivity index (χ4v) is 6.95. The Hall–Kier alpha value is -3.21. The molecule has 2 saturated heterocycles. The van der Waals surface area contributed by atoms with E-state index in [2.05, 4.69) is 15.6 Å². The van der Waals surface area contributed by atoms with Crippen LogP contribution in [0, 0.1) is 17.8 Å². The quantitative estimate of drug-likeness (QED) is 0.307. The van der Waals surface area contributed by atoms with Gasteiger partial charge in [-0.25, -0.2) is 0 Å². The SMILES string of the molecule is COc1cccc2[nH]c(C(=O)N3C[C@@H]4CCC[C@@H]4[C@H]3C(=O)N[C@@H](C[C@@H]3CCCNC3=O)C(=O)COP(C)(=O)O)cc12.